The Hall–Kier alpha value is -2.29. The van der Waals surface area contributed by atoms with Crippen LogP contribution >= 0.6 is 0 Å². The summed E-state index contributed by atoms with van der Waals surface area (Å²) in [6.07, 6.45) is -0.345. The molecule has 2 saturated heterocycles. The van der Waals surface area contributed by atoms with Gasteiger partial charge in [0.05, 0.1) is 19.5 Å². The number of hydrogen-bond acceptors (Lipinski definition) is 9. The third kappa shape index (κ3) is 2.70. The van der Waals surface area contributed by atoms with Crippen LogP contribution in [0.5, 0.6) is 0 Å². The van der Waals surface area contributed by atoms with E-state index in [9.17, 15) is 5.11 Å². The smallest absolute Gasteiger partial charge is 0.209 e. The molecule has 4 unspecified atom stereocenters. The number of ether oxygens (including phenoxy) is 3. The number of nitrogen functional groups attached to an aromatic ring is 1. The highest BCUT2D eigenvalue weighted by atomic mass is 16.8. The van der Waals surface area contributed by atoms with Crippen LogP contribution in [0.3, 0.4) is 0 Å². The number of aliphatic hydroxyl groups excluding tert-OH is 1. The number of hydrogen-bond donors (Lipinski definition) is 3. The van der Waals surface area contributed by atoms with Gasteiger partial charge in [0, 0.05) is 0 Å². The van der Waals surface area contributed by atoms with Crippen molar-refractivity contribution in [2.45, 2.75) is 44.2 Å². The van der Waals surface area contributed by atoms with Crippen molar-refractivity contribution >= 4 is 17.0 Å². The first-order valence-corrected chi connectivity index (χ1v) is 8.24. The average Bonchev–Trinajstić information content (AvgIpc) is 3.23. The van der Waals surface area contributed by atoms with Crippen molar-refractivity contribution < 1.29 is 19.3 Å². The highest BCUT2D eigenvalue weighted by molar-refractivity contribution is 5.82. The number of aliphatic hydroxyl groups is 1. The molecule has 4 atom stereocenters. The molecule has 2 aliphatic heterocycles. The van der Waals surface area contributed by atoms with Gasteiger partial charge in [-0.2, -0.15) is 0 Å². The normalized spacial score (nSPS) is 29.5. The van der Waals surface area contributed by atoms with Crippen LogP contribution in [-0.2, 0) is 14.2 Å². The Morgan fingerprint density at radius 3 is 2.81 bits per heavy atom. The minimum atomic E-state index is -0.771. The highest BCUT2D eigenvalue weighted by Crippen LogP contribution is 2.43. The number of fused-ring (bicyclic) bond motifs is 2. The van der Waals surface area contributed by atoms with Gasteiger partial charge in [-0.1, -0.05) is 5.92 Å². The van der Waals surface area contributed by atoms with Crippen LogP contribution in [0.4, 0.5) is 5.82 Å². The third-order valence-electron chi connectivity index (χ3n) is 4.33. The van der Waals surface area contributed by atoms with Gasteiger partial charge in [-0.05, 0) is 19.8 Å². The molecular weight excluding hydrogens is 340 g/mol. The zero-order valence-electron chi connectivity index (χ0n) is 14.4. The van der Waals surface area contributed by atoms with Crippen LogP contribution in [0, 0.1) is 11.8 Å². The minimum absolute atomic E-state index is 0.186. The molecule has 0 bridgehead atoms. The maximum atomic E-state index is 9.64. The monoisotopic (exact) mass is 360 g/mol. The molecule has 5 N–H and O–H groups in total. The topological polar surface area (TPSA) is 144 Å². The van der Waals surface area contributed by atoms with E-state index >= 15 is 0 Å². The van der Waals surface area contributed by atoms with Gasteiger partial charge < -0.3 is 30.8 Å². The second kappa shape index (κ2) is 6.15. The molecule has 2 fully saturated rings. The van der Waals surface area contributed by atoms with E-state index in [1.807, 2.05) is 13.8 Å². The van der Waals surface area contributed by atoms with Crippen molar-refractivity contribution in [3.63, 3.8) is 0 Å². The third-order valence-corrected chi connectivity index (χ3v) is 4.33. The fourth-order valence-corrected chi connectivity index (χ4v) is 3.34. The quantitative estimate of drug-likeness (QED) is 0.582. The lowest BCUT2D eigenvalue weighted by atomic mass is 10.1. The molecule has 10 heteroatoms. The molecule has 0 radical (unpaired) electrons. The van der Waals surface area contributed by atoms with Crippen molar-refractivity contribution in [2.24, 2.45) is 5.73 Å². The summed E-state index contributed by atoms with van der Waals surface area (Å²) in [5.74, 6) is 5.16. The van der Waals surface area contributed by atoms with Gasteiger partial charge in [0.2, 0.25) is 5.82 Å². The molecule has 138 valence electrons. The second-order valence-electron chi connectivity index (χ2n) is 6.57. The fourth-order valence-electron chi connectivity index (χ4n) is 3.34. The van der Waals surface area contributed by atoms with E-state index in [4.69, 9.17) is 25.7 Å². The molecular formula is C16H20N6O4. The lowest BCUT2D eigenvalue weighted by Crippen LogP contribution is -2.31. The molecule has 4 heterocycles. The predicted molar refractivity (Wildman–Crippen MR) is 90.5 cm³/mol. The first-order chi connectivity index (χ1) is 12.4. The van der Waals surface area contributed by atoms with Gasteiger partial charge in [0.15, 0.2) is 23.5 Å². The van der Waals surface area contributed by atoms with Crippen LogP contribution in [0.2, 0.25) is 0 Å². The molecule has 26 heavy (non-hydrogen) atoms. The first-order valence-electron chi connectivity index (χ1n) is 8.24. The SMILES string of the molecule is CC1(C)OC2C(CO)OC(n3cnc4c(N)nc(C#CCN)nc43)C2O1. The van der Waals surface area contributed by atoms with Gasteiger partial charge in [-0.15, -0.1) is 0 Å². The molecule has 4 rings (SSSR count). The van der Waals surface area contributed by atoms with Crippen molar-refractivity contribution in [1.29, 1.82) is 0 Å². The van der Waals surface area contributed by atoms with Crippen molar-refractivity contribution in [2.75, 3.05) is 18.9 Å². The maximum Gasteiger partial charge on any atom is 0.209 e. The summed E-state index contributed by atoms with van der Waals surface area (Å²) < 4.78 is 19.5. The van der Waals surface area contributed by atoms with E-state index in [-0.39, 0.29) is 24.8 Å². The number of nitrogens with two attached hydrogens (primary N) is 2. The largest absolute Gasteiger partial charge is 0.394 e. The van der Waals surface area contributed by atoms with Gasteiger partial charge in [-0.3, -0.25) is 4.57 Å². The van der Waals surface area contributed by atoms with Crippen LogP contribution < -0.4 is 11.5 Å². The average molecular weight is 360 g/mol. The van der Waals surface area contributed by atoms with Crippen molar-refractivity contribution in [3.05, 3.63) is 12.2 Å². The molecule has 0 amide bonds. The summed E-state index contributed by atoms with van der Waals surface area (Å²) in [6.45, 7) is 3.65. The second-order valence-corrected chi connectivity index (χ2v) is 6.57. The van der Waals surface area contributed by atoms with E-state index in [0.717, 1.165) is 0 Å². The number of anilines is 1. The number of aromatic nitrogens is 4. The van der Waals surface area contributed by atoms with E-state index in [2.05, 4.69) is 26.8 Å². The lowest BCUT2D eigenvalue weighted by Gasteiger charge is -2.24. The number of rotatable bonds is 2. The number of nitrogens with zero attached hydrogens (tertiary/aromatic N) is 4. The van der Waals surface area contributed by atoms with Crippen LogP contribution in [0.1, 0.15) is 25.9 Å². The Bertz CT molecular complexity index is 901. The minimum Gasteiger partial charge on any atom is -0.394 e. The van der Waals surface area contributed by atoms with Crippen molar-refractivity contribution in [1.82, 2.24) is 19.5 Å². The molecule has 0 aromatic carbocycles. The standard InChI is InChI=1S/C16H20N6O4/c1-16(2)25-11-8(6-23)24-15(12(11)26-16)22-7-19-10-13(18)20-9(4-3-5-17)21-14(10)22/h7-8,11-12,15,23H,5-6,17H2,1-2H3,(H2,18,20,21). The van der Waals surface area contributed by atoms with Gasteiger partial charge in [0.25, 0.3) is 0 Å². The van der Waals surface area contributed by atoms with Gasteiger partial charge >= 0.3 is 0 Å². The Morgan fingerprint density at radius 2 is 2.08 bits per heavy atom. The van der Waals surface area contributed by atoms with Crippen molar-refractivity contribution in [3.8, 4) is 11.8 Å². The predicted octanol–water partition coefficient (Wildman–Crippen LogP) is -0.871. The molecule has 0 saturated carbocycles. The highest BCUT2D eigenvalue weighted by Gasteiger charge is 2.55. The zero-order chi connectivity index (χ0) is 18.5. The number of imidazole rings is 1. The summed E-state index contributed by atoms with van der Waals surface area (Å²) in [6, 6.07) is 0. The van der Waals surface area contributed by atoms with Crippen LogP contribution in [0.25, 0.3) is 11.2 Å². The first kappa shape index (κ1) is 17.1. The summed E-state index contributed by atoms with van der Waals surface area (Å²) in [7, 11) is 0. The molecule has 2 aliphatic rings. The van der Waals surface area contributed by atoms with E-state index in [0.29, 0.717) is 11.2 Å². The summed E-state index contributed by atoms with van der Waals surface area (Å²) >= 11 is 0. The Kier molecular flexibility index (Phi) is 4.06. The molecule has 0 spiro atoms. The van der Waals surface area contributed by atoms with E-state index in [1.54, 1.807) is 10.9 Å². The Labute approximate surface area is 149 Å². The Morgan fingerprint density at radius 1 is 1.31 bits per heavy atom. The fraction of sp³-hybridized carbons (Fsp3) is 0.562. The van der Waals surface area contributed by atoms with Crippen LogP contribution in [-0.4, -0.2) is 61.9 Å². The van der Waals surface area contributed by atoms with Crippen LogP contribution in [0.15, 0.2) is 6.33 Å². The Balaban J connectivity index is 1.78. The van der Waals surface area contributed by atoms with Gasteiger partial charge in [-0.25, -0.2) is 15.0 Å². The summed E-state index contributed by atoms with van der Waals surface area (Å²) in [5, 5.41) is 9.64. The van der Waals surface area contributed by atoms with E-state index in [1.165, 1.54) is 0 Å². The lowest BCUT2D eigenvalue weighted by molar-refractivity contribution is -0.199. The zero-order valence-corrected chi connectivity index (χ0v) is 14.4. The van der Waals surface area contributed by atoms with Gasteiger partial charge in [0.1, 0.15) is 23.8 Å². The van der Waals surface area contributed by atoms with E-state index < -0.39 is 30.3 Å². The summed E-state index contributed by atoms with van der Waals surface area (Å²) in [4.78, 5) is 12.8. The summed E-state index contributed by atoms with van der Waals surface area (Å²) in [5.41, 5.74) is 12.3. The molecule has 2 aromatic rings. The maximum absolute atomic E-state index is 9.64. The molecule has 10 nitrogen and oxygen atoms in total. The molecule has 0 aliphatic carbocycles. The molecule has 2 aromatic heterocycles.